The lowest BCUT2D eigenvalue weighted by Gasteiger charge is -2.56. The molecule has 0 aromatic carbocycles. The van der Waals surface area contributed by atoms with Crippen LogP contribution in [0.25, 0.3) is 0 Å². The molecule has 7 heteroatoms. The number of halogens is 2. The molecule has 144 valence electrons. The van der Waals surface area contributed by atoms with Gasteiger partial charge in [-0.1, -0.05) is 0 Å². The number of amides is 2. The van der Waals surface area contributed by atoms with Gasteiger partial charge in [-0.3, -0.25) is 0 Å². The number of hydrogen-bond acceptors (Lipinski definition) is 3. The predicted octanol–water partition coefficient (Wildman–Crippen LogP) is 2.77. The van der Waals surface area contributed by atoms with Gasteiger partial charge in [0.1, 0.15) is 0 Å². The zero-order valence-corrected chi connectivity index (χ0v) is 14.9. The first kappa shape index (κ1) is 18.8. The molecule has 25 heavy (non-hydrogen) atoms. The van der Waals surface area contributed by atoms with Gasteiger partial charge in [0.15, 0.2) is 0 Å². The van der Waals surface area contributed by atoms with Gasteiger partial charge in [-0.25, -0.2) is 13.6 Å². The molecule has 1 aliphatic heterocycles. The first-order valence-corrected chi connectivity index (χ1v) is 9.59. The van der Waals surface area contributed by atoms with Crippen molar-refractivity contribution in [3.8, 4) is 0 Å². The van der Waals surface area contributed by atoms with Crippen LogP contribution in [0.1, 0.15) is 51.9 Å². The van der Waals surface area contributed by atoms with E-state index in [0.717, 1.165) is 12.8 Å². The van der Waals surface area contributed by atoms with Crippen molar-refractivity contribution in [3.05, 3.63) is 0 Å². The Balaban J connectivity index is 1.45. The lowest BCUT2D eigenvalue weighted by Crippen LogP contribution is -2.63. The highest BCUT2D eigenvalue weighted by atomic mass is 19.3. The number of piperidine rings is 1. The van der Waals surface area contributed by atoms with E-state index in [9.17, 15) is 18.7 Å². The van der Waals surface area contributed by atoms with Crippen molar-refractivity contribution in [3.63, 3.8) is 0 Å². The number of nitrogens with one attached hydrogen (secondary N) is 1. The van der Waals surface area contributed by atoms with Crippen molar-refractivity contribution in [1.29, 1.82) is 0 Å². The molecule has 0 bridgehead atoms. The summed E-state index contributed by atoms with van der Waals surface area (Å²) in [6.45, 7) is 3.83. The van der Waals surface area contributed by atoms with Gasteiger partial charge in [0.05, 0.1) is 12.2 Å². The van der Waals surface area contributed by atoms with E-state index in [1.165, 1.54) is 0 Å². The number of rotatable bonds is 4. The number of alkyl halides is 2. The molecule has 0 aromatic heterocycles. The summed E-state index contributed by atoms with van der Waals surface area (Å²) in [6, 6.07) is -0.0963. The molecule has 2 aliphatic carbocycles. The van der Waals surface area contributed by atoms with Crippen LogP contribution in [0.3, 0.4) is 0 Å². The maximum atomic E-state index is 12.7. The van der Waals surface area contributed by atoms with Crippen molar-refractivity contribution < 1.29 is 23.4 Å². The Hall–Kier alpha value is -0.950. The average Bonchev–Trinajstić information content (AvgIpc) is 2.62. The highest BCUT2D eigenvalue weighted by molar-refractivity contribution is 5.74. The van der Waals surface area contributed by atoms with E-state index >= 15 is 0 Å². The molecule has 2 saturated carbocycles. The standard InChI is InChI=1S/C18H30F2N2O3/c1-2-25-15-11-14(23)18(15)7-9-22(10-8-18)17(24)21-13-5-3-12(4-6-13)16(19)20/h12-16,23H,2-11H2,1H3,(H,21,24). The first-order chi connectivity index (χ1) is 12.0. The van der Waals surface area contributed by atoms with Crippen LogP contribution < -0.4 is 5.32 Å². The summed E-state index contributed by atoms with van der Waals surface area (Å²) in [7, 11) is 0. The lowest BCUT2D eigenvalue weighted by molar-refractivity contribution is -0.207. The number of aliphatic hydroxyl groups is 1. The van der Waals surface area contributed by atoms with Crippen LogP contribution in [-0.4, -0.2) is 60.4 Å². The van der Waals surface area contributed by atoms with E-state index in [4.69, 9.17) is 4.74 Å². The molecular formula is C18H30F2N2O3. The topological polar surface area (TPSA) is 61.8 Å². The van der Waals surface area contributed by atoms with Crippen molar-refractivity contribution in [2.45, 2.75) is 76.5 Å². The largest absolute Gasteiger partial charge is 0.392 e. The Morgan fingerprint density at radius 3 is 2.44 bits per heavy atom. The minimum absolute atomic E-state index is 0.00357. The summed E-state index contributed by atoms with van der Waals surface area (Å²) >= 11 is 0. The van der Waals surface area contributed by atoms with Crippen molar-refractivity contribution in [2.24, 2.45) is 11.3 Å². The van der Waals surface area contributed by atoms with Crippen molar-refractivity contribution in [2.75, 3.05) is 19.7 Å². The summed E-state index contributed by atoms with van der Waals surface area (Å²) in [6.07, 6.45) is 1.93. The van der Waals surface area contributed by atoms with Crippen LogP contribution >= 0.6 is 0 Å². The SMILES string of the molecule is CCOC1CC(O)C12CCN(C(=O)NC1CCC(C(F)F)CC1)CC2. The summed E-state index contributed by atoms with van der Waals surface area (Å²) in [5, 5.41) is 13.2. The maximum absolute atomic E-state index is 12.7. The molecule has 1 heterocycles. The van der Waals surface area contributed by atoms with Crippen LogP contribution in [0.5, 0.6) is 0 Å². The molecule has 3 rings (SSSR count). The van der Waals surface area contributed by atoms with E-state index in [1.807, 2.05) is 6.92 Å². The number of nitrogens with zero attached hydrogens (tertiary/aromatic N) is 1. The van der Waals surface area contributed by atoms with E-state index in [-0.39, 0.29) is 29.7 Å². The van der Waals surface area contributed by atoms with Gasteiger partial charge >= 0.3 is 6.03 Å². The molecule has 3 fully saturated rings. The van der Waals surface area contributed by atoms with Crippen LogP contribution in [0.4, 0.5) is 13.6 Å². The number of carbonyl (C=O) groups excluding carboxylic acids is 1. The van der Waals surface area contributed by atoms with Crippen LogP contribution in [0.2, 0.25) is 0 Å². The Morgan fingerprint density at radius 2 is 1.92 bits per heavy atom. The van der Waals surface area contributed by atoms with Crippen LogP contribution in [0.15, 0.2) is 0 Å². The van der Waals surface area contributed by atoms with E-state index in [0.29, 0.717) is 51.8 Å². The smallest absolute Gasteiger partial charge is 0.317 e. The number of carbonyl (C=O) groups is 1. The zero-order valence-electron chi connectivity index (χ0n) is 14.9. The van der Waals surface area contributed by atoms with Gasteiger partial charge in [0.2, 0.25) is 6.43 Å². The number of likely N-dealkylation sites (tertiary alicyclic amines) is 1. The molecular weight excluding hydrogens is 330 g/mol. The first-order valence-electron chi connectivity index (χ1n) is 9.59. The molecule has 1 saturated heterocycles. The lowest BCUT2D eigenvalue weighted by atomic mass is 9.58. The second kappa shape index (κ2) is 7.74. The molecule has 0 radical (unpaired) electrons. The second-order valence-electron chi connectivity index (χ2n) is 7.81. The monoisotopic (exact) mass is 360 g/mol. The Kier molecular flexibility index (Phi) is 5.83. The molecule has 2 amide bonds. The predicted molar refractivity (Wildman–Crippen MR) is 89.6 cm³/mol. The molecule has 2 atom stereocenters. The van der Waals surface area contributed by atoms with Gasteiger partial charge < -0.3 is 20.1 Å². The summed E-state index contributed by atoms with van der Waals surface area (Å²) in [4.78, 5) is 14.3. The highest BCUT2D eigenvalue weighted by Crippen LogP contribution is 2.50. The molecule has 2 N–H and O–H groups in total. The van der Waals surface area contributed by atoms with Gasteiger partial charge in [-0.05, 0) is 45.4 Å². The Morgan fingerprint density at radius 1 is 1.28 bits per heavy atom. The fraction of sp³-hybridized carbons (Fsp3) is 0.944. The number of hydrogen-bond donors (Lipinski definition) is 2. The van der Waals surface area contributed by atoms with Gasteiger partial charge in [-0.15, -0.1) is 0 Å². The normalized spacial score (nSPS) is 34.8. The van der Waals surface area contributed by atoms with Gasteiger partial charge in [0.25, 0.3) is 0 Å². The molecule has 0 aromatic rings. The fourth-order valence-electron chi connectivity index (χ4n) is 4.72. The highest BCUT2D eigenvalue weighted by Gasteiger charge is 2.56. The minimum atomic E-state index is -2.25. The Bertz CT molecular complexity index is 459. The third-order valence-electron chi connectivity index (χ3n) is 6.55. The number of ether oxygens (including phenoxy) is 1. The van der Waals surface area contributed by atoms with Gasteiger partial charge in [-0.2, -0.15) is 0 Å². The Labute approximate surface area is 148 Å². The van der Waals surface area contributed by atoms with E-state index in [2.05, 4.69) is 5.32 Å². The van der Waals surface area contributed by atoms with E-state index < -0.39 is 12.3 Å². The molecule has 2 unspecified atom stereocenters. The van der Waals surface area contributed by atoms with E-state index in [1.54, 1.807) is 4.90 Å². The molecule has 1 spiro atoms. The van der Waals surface area contributed by atoms with Gasteiger partial charge in [0, 0.05) is 43.5 Å². The summed E-state index contributed by atoms with van der Waals surface area (Å²) in [5.41, 5.74) is -0.192. The number of urea groups is 1. The summed E-state index contributed by atoms with van der Waals surface area (Å²) in [5.74, 6) is -0.515. The van der Waals surface area contributed by atoms with Crippen LogP contribution in [-0.2, 0) is 4.74 Å². The minimum Gasteiger partial charge on any atom is -0.392 e. The molecule has 5 nitrogen and oxygen atoms in total. The maximum Gasteiger partial charge on any atom is 0.317 e. The van der Waals surface area contributed by atoms with Crippen molar-refractivity contribution >= 4 is 6.03 Å². The zero-order chi connectivity index (χ0) is 18.0. The van der Waals surface area contributed by atoms with Crippen molar-refractivity contribution in [1.82, 2.24) is 10.2 Å². The third kappa shape index (κ3) is 3.77. The van der Waals surface area contributed by atoms with Crippen LogP contribution in [0, 0.1) is 11.3 Å². The summed E-state index contributed by atoms with van der Waals surface area (Å²) < 4.78 is 31.2. The molecule has 3 aliphatic rings. The fourth-order valence-corrected chi connectivity index (χ4v) is 4.72. The average molecular weight is 360 g/mol. The number of aliphatic hydroxyl groups excluding tert-OH is 1. The third-order valence-corrected chi connectivity index (χ3v) is 6.55. The quantitative estimate of drug-likeness (QED) is 0.810. The second-order valence-corrected chi connectivity index (χ2v) is 7.81.